The van der Waals surface area contributed by atoms with Gasteiger partial charge in [0.2, 0.25) is 5.91 Å². The van der Waals surface area contributed by atoms with Crippen LogP contribution in [0.5, 0.6) is 0 Å². The minimum atomic E-state index is 0.0231. The van der Waals surface area contributed by atoms with Gasteiger partial charge in [0.1, 0.15) is 0 Å². The molecule has 0 radical (unpaired) electrons. The molecule has 0 aromatic carbocycles. The van der Waals surface area contributed by atoms with E-state index in [0.29, 0.717) is 17.3 Å². The third kappa shape index (κ3) is 1.42. The Hall–Kier alpha value is -1.35. The van der Waals surface area contributed by atoms with Crippen molar-refractivity contribution in [2.24, 2.45) is 0 Å². The SMILES string of the molecule is O=C1CC=CN1c1cccnc1Cl. The maximum absolute atomic E-state index is 11.3. The van der Waals surface area contributed by atoms with Crippen molar-refractivity contribution in [1.82, 2.24) is 4.98 Å². The molecule has 4 heteroatoms. The number of aromatic nitrogens is 1. The normalized spacial score (nSPS) is 15.5. The summed E-state index contributed by atoms with van der Waals surface area (Å²) in [5.41, 5.74) is 0.642. The van der Waals surface area contributed by atoms with Crippen LogP contribution in [0.15, 0.2) is 30.6 Å². The number of nitrogens with zero attached hydrogens (tertiary/aromatic N) is 2. The van der Waals surface area contributed by atoms with E-state index in [1.807, 2.05) is 0 Å². The van der Waals surface area contributed by atoms with Gasteiger partial charge in [-0.15, -0.1) is 0 Å². The third-order valence-electron chi connectivity index (χ3n) is 1.81. The van der Waals surface area contributed by atoms with Crippen LogP contribution in [-0.2, 0) is 4.79 Å². The van der Waals surface area contributed by atoms with Crippen LogP contribution in [0.2, 0.25) is 5.15 Å². The molecule has 0 saturated heterocycles. The topological polar surface area (TPSA) is 33.2 Å². The Morgan fingerprint density at radius 1 is 1.54 bits per heavy atom. The summed E-state index contributed by atoms with van der Waals surface area (Å²) in [6, 6.07) is 3.52. The molecule has 0 N–H and O–H groups in total. The lowest BCUT2D eigenvalue weighted by Crippen LogP contribution is -2.20. The maximum Gasteiger partial charge on any atom is 0.235 e. The zero-order valence-corrected chi connectivity index (χ0v) is 7.53. The molecule has 3 nitrogen and oxygen atoms in total. The van der Waals surface area contributed by atoms with Gasteiger partial charge in [-0.2, -0.15) is 0 Å². The minimum Gasteiger partial charge on any atom is -0.285 e. The standard InChI is InChI=1S/C9H7ClN2O/c10-9-7(3-1-5-11-9)12-6-2-4-8(12)13/h1-3,5-6H,4H2. The Balaban J connectivity index is 2.40. The summed E-state index contributed by atoms with van der Waals surface area (Å²) in [6.07, 6.45) is 5.54. The van der Waals surface area contributed by atoms with Crippen LogP contribution in [0.25, 0.3) is 0 Å². The van der Waals surface area contributed by atoms with E-state index < -0.39 is 0 Å². The van der Waals surface area contributed by atoms with Crippen LogP contribution in [0.1, 0.15) is 6.42 Å². The van der Waals surface area contributed by atoms with E-state index in [9.17, 15) is 4.79 Å². The van der Waals surface area contributed by atoms with Crippen molar-refractivity contribution < 1.29 is 4.79 Å². The molecule has 0 saturated carbocycles. The van der Waals surface area contributed by atoms with Crippen molar-refractivity contribution in [1.29, 1.82) is 0 Å². The molecule has 0 bridgehead atoms. The van der Waals surface area contributed by atoms with Gasteiger partial charge in [-0.3, -0.25) is 9.69 Å². The molecule has 1 amide bonds. The van der Waals surface area contributed by atoms with E-state index in [-0.39, 0.29) is 5.91 Å². The lowest BCUT2D eigenvalue weighted by molar-refractivity contribution is -0.116. The lowest BCUT2D eigenvalue weighted by atomic mass is 10.4. The fourth-order valence-corrected chi connectivity index (χ4v) is 1.42. The number of amides is 1. The van der Waals surface area contributed by atoms with E-state index in [2.05, 4.69) is 4.98 Å². The first-order chi connectivity index (χ1) is 6.29. The summed E-state index contributed by atoms with van der Waals surface area (Å²) in [5.74, 6) is 0.0231. The molecule has 2 rings (SSSR count). The summed E-state index contributed by atoms with van der Waals surface area (Å²) in [4.78, 5) is 16.7. The highest BCUT2D eigenvalue weighted by Crippen LogP contribution is 2.25. The number of carbonyl (C=O) groups is 1. The summed E-state index contributed by atoms with van der Waals surface area (Å²) in [7, 11) is 0. The van der Waals surface area contributed by atoms with Crippen LogP contribution in [0, 0.1) is 0 Å². The van der Waals surface area contributed by atoms with Gasteiger partial charge in [-0.05, 0) is 12.1 Å². The number of halogens is 1. The number of hydrogen-bond donors (Lipinski definition) is 0. The Morgan fingerprint density at radius 3 is 3.00 bits per heavy atom. The number of anilines is 1. The van der Waals surface area contributed by atoms with E-state index in [1.165, 1.54) is 4.90 Å². The second-order valence-corrected chi connectivity index (χ2v) is 3.02. The Bertz CT molecular complexity index is 376. The average molecular weight is 195 g/mol. The maximum atomic E-state index is 11.3. The van der Waals surface area contributed by atoms with Crippen molar-refractivity contribution in [2.75, 3.05) is 4.90 Å². The molecule has 0 unspecified atom stereocenters. The monoisotopic (exact) mass is 194 g/mol. The summed E-state index contributed by atoms with van der Waals surface area (Å²) < 4.78 is 0. The van der Waals surface area contributed by atoms with Gasteiger partial charge in [0.25, 0.3) is 0 Å². The van der Waals surface area contributed by atoms with Crippen molar-refractivity contribution in [3.8, 4) is 0 Å². The predicted octanol–water partition coefficient (Wildman–Crippen LogP) is 1.99. The highest BCUT2D eigenvalue weighted by Gasteiger charge is 2.18. The smallest absolute Gasteiger partial charge is 0.235 e. The summed E-state index contributed by atoms with van der Waals surface area (Å²) in [6.45, 7) is 0. The molecule has 1 aromatic heterocycles. The van der Waals surface area contributed by atoms with E-state index in [0.717, 1.165) is 0 Å². The zero-order valence-electron chi connectivity index (χ0n) is 6.77. The molecule has 13 heavy (non-hydrogen) atoms. The fourth-order valence-electron chi connectivity index (χ4n) is 1.21. The Morgan fingerprint density at radius 2 is 2.38 bits per heavy atom. The largest absolute Gasteiger partial charge is 0.285 e. The van der Waals surface area contributed by atoms with Crippen molar-refractivity contribution in [3.05, 3.63) is 35.8 Å². The first-order valence-corrected chi connectivity index (χ1v) is 4.26. The highest BCUT2D eigenvalue weighted by molar-refractivity contribution is 6.32. The average Bonchev–Trinajstić information content (AvgIpc) is 2.52. The number of hydrogen-bond acceptors (Lipinski definition) is 2. The number of rotatable bonds is 1. The molecule has 1 aromatic rings. The molecular weight excluding hydrogens is 188 g/mol. The van der Waals surface area contributed by atoms with Gasteiger partial charge in [0, 0.05) is 18.8 Å². The molecule has 2 heterocycles. The minimum absolute atomic E-state index is 0.0231. The molecule has 66 valence electrons. The fraction of sp³-hybridized carbons (Fsp3) is 0.111. The molecule has 0 spiro atoms. The van der Waals surface area contributed by atoms with Gasteiger partial charge in [0.15, 0.2) is 5.15 Å². The number of carbonyl (C=O) groups excluding carboxylic acids is 1. The molecule has 0 aliphatic carbocycles. The van der Waals surface area contributed by atoms with Crippen LogP contribution in [-0.4, -0.2) is 10.9 Å². The lowest BCUT2D eigenvalue weighted by Gasteiger charge is -2.13. The van der Waals surface area contributed by atoms with Crippen LogP contribution < -0.4 is 4.90 Å². The first-order valence-electron chi connectivity index (χ1n) is 3.88. The van der Waals surface area contributed by atoms with E-state index in [1.54, 1.807) is 30.6 Å². The van der Waals surface area contributed by atoms with Crippen molar-refractivity contribution >= 4 is 23.2 Å². The molecular formula is C9H7ClN2O. The molecule has 1 aliphatic rings. The Labute approximate surface area is 80.6 Å². The second kappa shape index (κ2) is 3.18. The van der Waals surface area contributed by atoms with Gasteiger partial charge >= 0.3 is 0 Å². The third-order valence-corrected chi connectivity index (χ3v) is 2.11. The Kier molecular flexibility index (Phi) is 2.02. The molecule has 1 aliphatic heterocycles. The zero-order chi connectivity index (χ0) is 9.26. The predicted molar refractivity (Wildman–Crippen MR) is 50.5 cm³/mol. The molecule has 0 fully saturated rings. The second-order valence-electron chi connectivity index (χ2n) is 2.67. The molecule has 0 atom stereocenters. The van der Waals surface area contributed by atoms with E-state index in [4.69, 9.17) is 11.6 Å². The van der Waals surface area contributed by atoms with Gasteiger partial charge in [-0.25, -0.2) is 4.98 Å². The van der Waals surface area contributed by atoms with Crippen LogP contribution in [0.3, 0.4) is 0 Å². The van der Waals surface area contributed by atoms with E-state index >= 15 is 0 Å². The van der Waals surface area contributed by atoms with Crippen molar-refractivity contribution in [2.45, 2.75) is 6.42 Å². The van der Waals surface area contributed by atoms with Crippen LogP contribution >= 0.6 is 11.6 Å². The first kappa shape index (κ1) is 8.26. The quantitative estimate of drug-likeness (QED) is 0.641. The summed E-state index contributed by atoms with van der Waals surface area (Å²) >= 11 is 5.83. The number of pyridine rings is 1. The highest BCUT2D eigenvalue weighted by atomic mass is 35.5. The van der Waals surface area contributed by atoms with Gasteiger partial charge < -0.3 is 0 Å². The van der Waals surface area contributed by atoms with Crippen LogP contribution in [0.4, 0.5) is 5.69 Å². The summed E-state index contributed by atoms with van der Waals surface area (Å²) in [5, 5.41) is 0.349. The van der Waals surface area contributed by atoms with Gasteiger partial charge in [-0.1, -0.05) is 17.7 Å². The van der Waals surface area contributed by atoms with Gasteiger partial charge in [0.05, 0.1) is 5.69 Å². The van der Waals surface area contributed by atoms with Crippen molar-refractivity contribution in [3.63, 3.8) is 0 Å².